The van der Waals surface area contributed by atoms with Gasteiger partial charge in [0.15, 0.2) is 11.5 Å². The van der Waals surface area contributed by atoms with Crippen LogP contribution in [0.4, 0.5) is 0 Å². The molecule has 0 unspecified atom stereocenters. The summed E-state index contributed by atoms with van der Waals surface area (Å²) in [6.07, 6.45) is 8.65. The Hall–Kier alpha value is -0.740. The third-order valence-electron chi connectivity index (χ3n) is 6.42. The lowest BCUT2D eigenvalue weighted by molar-refractivity contribution is -0.0207. The fraction of sp³-hybridized carbons (Fsp3) is 0.714. The van der Waals surface area contributed by atoms with Gasteiger partial charge in [0.2, 0.25) is 0 Å². The summed E-state index contributed by atoms with van der Waals surface area (Å²) in [7, 11) is 1.71. The van der Waals surface area contributed by atoms with Crippen molar-refractivity contribution in [3.05, 3.63) is 22.2 Å². The van der Waals surface area contributed by atoms with Gasteiger partial charge in [0.05, 0.1) is 13.2 Å². The van der Waals surface area contributed by atoms with Gasteiger partial charge in [0.25, 0.3) is 0 Å². The molecule has 4 aliphatic carbocycles. The van der Waals surface area contributed by atoms with E-state index in [-0.39, 0.29) is 6.10 Å². The second-order valence-electron chi connectivity index (χ2n) is 8.78. The molecule has 4 saturated carbocycles. The smallest absolute Gasteiger partial charge is 0.167 e. The molecule has 0 heterocycles. The Morgan fingerprint density at radius 3 is 2.24 bits per heavy atom. The summed E-state index contributed by atoms with van der Waals surface area (Å²) < 4.78 is 12.8. The molecule has 4 aliphatic rings. The highest BCUT2D eigenvalue weighted by Crippen LogP contribution is 2.55. The van der Waals surface area contributed by atoms with E-state index in [0.29, 0.717) is 5.54 Å². The summed E-state index contributed by atoms with van der Waals surface area (Å²) in [5, 5.41) is 3.98. The standard InChI is InChI=1S/C21H30BrNO2/c1-13(2)25-20-17(18(22)4-5-19(20)24-3)12-23-21-9-14-6-15(10-21)8-16(7-14)11-21/h4-5,13-16,23H,6-12H2,1-3H3. The molecule has 0 amide bonds. The van der Waals surface area contributed by atoms with Gasteiger partial charge in [0.1, 0.15) is 0 Å². The van der Waals surface area contributed by atoms with Crippen LogP contribution < -0.4 is 14.8 Å². The first-order valence-electron chi connectivity index (χ1n) is 9.75. The van der Waals surface area contributed by atoms with Crippen LogP contribution in [0.2, 0.25) is 0 Å². The Bertz CT molecular complexity index is 608. The number of ether oxygens (including phenoxy) is 2. The first-order valence-corrected chi connectivity index (χ1v) is 10.5. The molecule has 0 aromatic heterocycles. The SMILES string of the molecule is COc1ccc(Br)c(CNC23CC4CC(CC(C4)C2)C3)c1OC(C)C. The second kappa shape index (κ2) is 6.77. The number of hydrogen-bond donors (Lipinski definition) is 1. The van der Waals surface area contributed by atoms with Gasteiger partial charge < -0.3 is 14.8 Å². The van der Waals surface area contributed by atoms with Crippen LogP contribution in [0.25, 0.3) is 0 Å². The van der Waals surface area contributed by atoms with E-state index < -0.39 is 0 Å². The third kappa shape index (κ3) is 3.44. The van der Waals surface area contributed by atoms with Crippen molar-refractivity contribution in [2.45, 2.75) is 70.6 Å². The quantitative estimate of drug-likeness (QED) is 0.693. The molecule has 0 saturated heterocycles. The van der Waals surface area contributed by atoms with Gasteiger partial charge >= 0.3 is 0 Å². The highest BCUT2D eigenvalue weighted by molar-refractivity contribution is 9.10. The van der Waals surface area contributed by atoms with Crippen LogP contribution in [-0.4, -0.2) is 18.8 Å². The summed E-state index contributed by atoms with van der Waals surface area (Å²) in [5.74, 6) is 4.57. The van der Waals surface area contributed by atoms with Crippen molar-refractivity contribution in [3.63, 3.8) is 0 Å². The average Bonchev–Trinajstić information content (AvgIpc) is 2.53. The van der Waals surface area contributed by atoms with Gasteiger partial charge in [-0.25, -0.2) is 0 Å². The van der Waals surface area contributed by atoms with Crippen LogP contribution in [0.15, 0.2) is 16.6 Å². The molecule has 4 heteroatoms. The molecule has 138 valence electrons. The first kappa shape index (κ1) is 17.7. The van der Waals surface area contributed by atoms with Crippen LogP contribution in [0.5, 0.6) is 11.5 Å². The average molecular weight is 408 g/mol. The van der Waals surface area contributed by atoms with Crippen molar-refractivity contribution < 1.29 is 9.47 Å². The van der Waals surface area contributed by atoms with E-state index >= 15 is 0 Å². The van der Waals surface area contributed by atoms with E-state index in [4.69, 9.17) is 9.47 Å². The van der Waals surface area contributed by atoms with E-state index in [0.717, 1.165) is 40.3 Å². The maximum atomic E-state index is 6.12. The molecule has 5 rings (SSSR count). The zero-order chi connectivity index (χ0) is 17.6. The summed E-state index contributed by atoms with van der Waals surface area (Å²) in [5.41, 5.74) is 1.54. The number of halogens is 1. The molecule has 4 fully saturated rings. The minimum atomic E-state index is 0.126. The summed E-state index contributed by atoms with van der Waals surface area (Å²) in [6, 6.07) is 4.05. The monoisotopic (exact) mass is 407 g/mol. The highest BCUT2D eigenvalue weighted by atomic mass is 79.9. The highest BCUT2D eigenvalue weighted by Gasteiger charge is 2.50. The Labute approximate surface area is 160 Å². The zero-order valence-electron chi connectivity index (χ0n) is 15.6. The Morgan fingerprint density at radius 1 is 1.12 bits per heavy atom. The molecule has 25 heavy (non-hydrogen) atoms. The normalized spacial score (nSPS) is 33.1. The van der Waals surface area contributed by atoms with Crippen molar-refractivity contribution in [2.24, 2.45) is 17.8 Å². The minimum Gasteiger partial charge on any atom is -0.493 e. The molecule has 1 N–H and O–H groups in total. The lowest BCUT2D eigenvalue weighted by atomic mass is 9.53. The van der Waals surface area contributed by atoms with Gasteiger partial charge in [-0.05, 0) is 82.3 Å². The lowest BCUT2D eigenvalue weighted by Crippen LogP contribution is -2.58. The zero-order valence-corrected chi connectivity index (χ0v) is 17.2. The maximum Gasteiger partial charge on any atom is 0.167 e. The van der Waals surface area contributed by atoms with Crippen LogP contribution >= 0.6 is 15.9 Å². The van der Waals surface area contributed by atoms with Gasteiger partial charge in [0, 0.05) is 22.1 Å². The van der Waals surface area contributed by atoms with Gasteiger partial charge in [-0.15, -0.1) is 0 Å². The molecule has 1 aromatic carbocycles. The minimum absolute atomic E-state index is 0.126. The fourth-order valence-corrected chi connectivity index (χ4v) is 6.33. The lowest BCUT2D eigenvalue weighted by Gasteiger charge is -2.57. The van der Waals surface area contributed by atoms with E-state index in [1.165, 1.54) is 44.1 Å². The summed E-state index contributed by atoms with van der Waals surface area (Å²) in [4.78, 5) is 0. The van der Waals surface area contributed by atoms with Gasteiger partial charge in [-0.1, -0.05) is 15.9 Å². The predicted molar refractivity (Wildman–Crippen MR) is 104 cm³/mol. The molecule has 1 aromatic rings. The van der Waals surface area contributed by atoms with Crippen molar-refractivity contribution >= 4 is 15.9 Å². The van der Waals surface area contributed by atoms with Gasteiger partial charge in [-0.3, -0.25) is 0 Å². The van der Waals surface area contributed by atoms with Gasteiger partial charge in [-0.2, -0.15) is 0 Å². The number of nitrogens with one attached hydrogen (secondary N) is 1. The predicted octanol–water partition coefficient (Wildman–Crippen LogP) is 5.30. The third-order valence-corrected chi connectivity index (χ3v) is 7.16. The Kier molecular flexibility index (Phi) is 4.78. The Balaban J connectivity index is 1.56. The number of rotatable bonds is 6. The van der Waals surface area contributed by atoms with E-state index in [1.54, 1.807) is 7.11 Å². The van der Waals surface area contributed by atoms with Crippen LogP contribution in [0.1, 0.15) is 57.9 Å². The number of methoxy groups -OCH3 is 1. The summed E-state index contributed by atoms with van der Waals surface area (Å²) >= 11 is 3.74. The number of benzene rings is 1. The fourth-order valence-electron chi connectivity index (χ4n) is 5.88. The molecule has 0 spiro atoms. The maximum absolute atomic E-state index is 6.12. The van der Waals surface area contributed by atoms with E-state index in [9.17, 15) is 0 Å². The first-order chi connectivity index (χ1) is 12.0. The Morgan fingerprint density at radius 2 is 1.72 bits per heavy atom. The van der Waals surface area contributed by atoms with E-state index in [2.05, 4.69) is 41.2 Å². The van der Waals surface area contributed by atoms with Crippen molar-refractivity contribution in [1.82, 2.24) is 5.32 Å². The van der Waals surface area contributed by atoms with Crippen molar-refractivity contribution in [1.29, 1.82) is 0 Å². The molecule has 0 aliphatic heterocycles. The topological polar surface area (TPSA) is 30.5 Å². The molecule has 0 radical (unpaired) electrons. The van der Waals surface area contributed by atoms with Crippen LogP contribution in [-0.2, 0) is 6.54 Å². The molecule has 4 bridgehead atoms. The number of hydrogen-bond acceptors (Lipinski definition) is 3. The largest absolute Gasteiger partial charge is 0.493 e. The molecular weight excluding hydrogens is 378 g/mol. The molecule has 3 nitrogen and oxygen atoms in total. The van der Waals surface area contributed by atoms with Crippen molar-refractivity contribution in [2.75, 3.05) is 7.11 Å². The van der Waals surface area contributed by atoms with Crippen LogP contribution in [0, 0.1) is 17.8 Å². The molecular formula is C21H30BrNO2. The van der Waals surface area contributed by atoms with Crippen LogP contribution in [0.3, 0.4) is 0 Å². The second-order valence-corrected chi connectivity index (χ2v) is 9.63. The van der Waals surface area contributed by atoms with E-state index in [1.807, 2.05) is 6.07 Å². The molecule has 0 atom stereocenters. The van der Waals surface area contributed by atoms with Crippen molar-refractivity contribution in [3.8, 4) is 11.5 Å². The summed E-state index contributed by atoms with van der Waals surface area (Å²) in [6.45, 7) is 4.97.